The third-order valence-electron chi connectivity index (χ3n) is 3.05. The van der Waals surface area contributed by atoms with Gasteiger partial charge in [-0.3, -0.25) is 0 Å². The fourth-order valence-corrected chi connectivity index (χ4v) is 2.04. The Labute approximate surface area is 97.3 Å². The van der Waals surface area contributed by atoms with Crippen molar-refractivity contribution in [1.29, 1.82) is 0 Å². The van der Waals surface area contributed by atoms with Gasteiger partial charge >= 0.3 is 5.97 Å². The summed E-state index contributed by atoms with van der Waals surface area (Å²) in [6.07, 6.45) is 4.28. The predicted molar refractivity (Wildman–Crippen MR) is 64.5 cm³/mol. The molecular formula is C12H22N2O2. The number of hydrogen-bond acceptors (Lipinski definition) is 3. The maximum absolute atomic E-state index is 10.5. The van der Waals surface area contributed by atoms with E-state index in [-0.39, 0.29) is 0 Å². The standard InChI is InChI=1S/C12H22N2O2/c1-10(12(15)16)5-6-13-8-11-4-3-7-14(2)9-11/h5,11,13H,3-4,6-9H2,1-2H3,(H,15,16)/b10-5-. The molecule has 1 aliphatic rings. The number of hydrogen-bond donors (Lipinski definition) is 2. The molecule has 0 radical (unpaired) electrons. The van der Waals surface area contributed by atoms with Crippen LogP contribution in [0.4, 0.5) is 0 Å². The van der Waals surface area contributed by atoms with E-state index in [9.17, 15) is 4.79 Å². The number of likely N-dealkylation sites (tertiary alicyclic amines) is 1. The van der Waals surface area contributed by atoms with Crippen molar-refractivity contribution in [1.82, 2.24) is 10.2 Å². The van der Waals surface area contributed by atoms with E-state index in [0.717, 1.165) is 13.1 Å². The Hall–Kier alpha value is -0.870. The van der Waals surface area contributed by atoms with Crippen LogP contribution in [0, 0.1) is 5.92 Å². The van der Waals surface area contributed by atoms with E-state index < -0.39 is 5.97 Å². The van der Waals surface area contributed by atoms with E-state index in [1.54, 1.807) is 13.0 Å². The molecule has 0 spiro atoms. The van der Waals surface area contributed by atoms with Crippen LogP contribution in [0.5, 0.6) is 0 Å². The zero-order chi connectivity index (χ0) is 12.0. The molecule has 1 aliphatic heterocycles. The molecule has 92 valence electrons. The lowest BCUT2D eigenvalue weighted by Crippen LogP contribution is -2.37. The van der Waals surface area contributed by atoms with E-state index in [2.05, 4.69) is 17.3 Å². The van der Waals surface area contributed by atoms with Gasteiger partial charge in [-0.05, 0) is 45.8 Å². The van der Waals surface area contributed by atoms with E-state index in [1.165, 1.54) is 19.4 Å². The van der Waals surface area contributed by atoms with Gasteiger partial charge in [0.1, 0.15) is 0 Å². The molecule has 1 atom stereocenters. The summed E-state index contributed by atoms with van der Waals surface area (Å²) in [5, 5.41) is 12.0. The quantitative estimate of drug-likeness (QED) is 0.541. The van der Waals surface area contributed by atoms with Crippen molar-refractivity contribution in [3.8, 4) is 0 Å². The molecule has 0 aromatic rings. The minimum Gasteiger partial charge on any atom is -0.478 e. The molecule has 1 unspecified atom stereocenters. The number of carboxylic acids is 1. The summed E-state index contributed by atoms with van der Waals surface area (Å²) in [7, 11) is 2.15. The number of rotatable bonds is 5. The van der Waals surface area contributed by atoms with Gasteiger partial charge in [0.2, 0.25) is 0 Å². The molecule has 0 saturated carbocycles. The number of nitrogens with zero attached hydrogens (tertiary/aromatic N) is 1. The predicted octanol–water partition coefficient (Wildman–Crippen LogP) is 0.949. The van der Waals surface area contributed by atoms with E-state index in [4.69, 9.17) is 5.11 Å². The molecule has 1 heterocycles. The smallest absolute Gasteiger partial charge is 0.330 e. The molecule has 0 aromatic carbocycles. The third kappa shape index (κ3) is 4.77. The van der Waals surface area contributed by atoms with Crippen LogP contribution in [-0.2, 0) is 4.79 Å². The Balaban J connectivity index is 2.15. The van der Waals surface area contributed by atoms with Gasteiger partial charge in [0.15, 0.2) is 0 Å². The fourth-order valence-electron chi connectivity index (χ4n) is 2.04. The molecule has 16 heavy (non-hydrogen) atoms. The van der Waals surface area contributed by atoms with Crippen LogP contribution in [0.1, 0.15) is 19.8 Å². The van der Waals surface area contributed by atoms with Gasteiger partial charge in [-0.1, -0.05) is 6.08 Å². The highest BCUT2D eigenvalue weighted by atomic mass is 16.4. The van der Waals surface area contributed by atoms with Gasteiger partial charge < -0.3 is 15.3 Å². The monoisotopic (exact) mass is 226 g/mol. The zero-order valence-corrected chi connectivity index (χ0v) is 10.2. The first-order valence-corrected chi connectivity index (χ1v) is 5.89. The number of carboxylic acid groups (broad SMARTS) is 1. The molecule has 0 bridgehead atoms. The minimum absolute atomic E-state index is 0.410. The van der Waals surface area contributed by atoms with Crippen molar-refractivity contribution in [2.24, 2.45) is 5.92 Å². The first-order chi connectivity index (χ1) is 7.59. The molecule has 4 heteroatoms. The van der Waals surface area contributed by atoms with Crippen LogP contribution in [0.15, 0.2) is 11.6 Å². The SMILES string of the molecule is C/C(=C/CNCC1CCCN(C)C1)C(=O)O. The van der Waals surface area contributed by atoms with Gasteiger partial charge in [-0.2, -0.15) is 0 Å². The van der Waals surface area contributed by atoms with Crippen molar-refractivity contribution < 1.29 is 9.90 Å². The molecule has 1 rings (SSSR count). The highest BCUT2D eigenvalue weighted by Gasteiger charge is 2.16. The first kappa shape index (κ1) is 13.2. The summed E-state index contributed by atoms with van der Waals surface area (Å²) in [5.41, 5.74) is 0.410. The zero-order valence-electron chi connectivity index (χ0n) is 10.2. The van der Waals surface area contributed by atoms with E-state index in [0.29, 0.717) is 18.0 Å². The average molecular weight is 226 g/mol. The maximum atomic E-state index is 10.5. The Morgan fingerprint density at radius 1 is 1.62 bits per heavy atom. The van der Waals surface area contributed by atoms with E-state index in [1.807, 2.05) is 0 Å². The van der Waals surface area contributed by atoms with Crippen molar-refractivity contribution in [3.63, 3.8) is 0 Å². The molecular weight excluding hydrogens is 204 g/mol. The molecule has 0 aliphatic carbocycles. The molecule has 2 N–H and O–H groups in total. The number of nitrogens with one attached hydrogen (secondary N) is 1. The van der Waals surface area contributed by atoms with Crippen LogP contribution >= 0.6 is 0 Å². The topological polar surface area (TPSA) is 52.6 Å². The minimum atomic E-state index is -0.834. The molecule has 1 fully saturated rings. The highest BCUT2D eigenvalue weighted by molar-refractivity contribution is 5.85. The second-order valence-electron chi connectivity index (χ2n) is 4.62. The number of carbonyl (C=O) groups is 1. The second kappa shape index (κ2) is 6.66. The molecule has 1 saturated heterocycles. The van der Waals surface area contributed by atoms with Crippen molar-refractivity contribution in [3.05, 3.63) is 11.6 Å². The summed E-state index contributed by atoms with van der Waals surface area (Å²) >= 11 is 0. The molecule has 0 amide bonds. The van der Waals surface area contributed by atoms with Crippen LogP contribution in [-0.4, -0.2) is 49.2 Å². The summed E-state index contributed by atoms with van der Waals surface area (Å²) in [4.78, 5) is 12.9. The van der Waals surface area contributed by atoms with Crippen LogP contribution in [0.2, 0.25) is 0 Å². The van der Waals surface area contributed by atoms with Crippen LogP contribution < -0.4 is 5.32 Å². The van der Waals surface area contributed by atoms with Gasteiger partial charge in [0.25, 0.3) is 0 Å². The number of aliphatic carboxylic acids is 1. The van der Waals surface area contributed by atoms with Crippen LogP contribution in [0.3, 0.4) is 0 Å². The van der Waals surface area contributed by atoms with Gasteiger partial charge in [0, 0.05) is 18.7 Å². The summed E-state index contributed by atoms with van der Waals surface area (Å²) in [6.45, 7) is 5.60. The Kier molecular flexibility index (Phi) is 5.49. The Morgan fingerprint density at radius 3 is 3.00 bits per heavy atom. The molecule has 0 aromatic heterocycles. The van der Waals surface area contributed by atoms with E-state index >= 15 is 0 Å². The van der Waals surface area contributed by atoms with Crippen molar-refractivity contribution >= 4 is 5.97 Å². The van der Waals surface area contributed by atoms with Gasteiger partial charge in [-0.25, -0.2) is 4.79 Å². The van der Waals surface area contributed by atoms with Gasteiger partial charge in [-0.15, -0.1) is 0 Å². The number of piperidine rings is 1. The highest BCUT2D eigenvalue weighted by Crippen LogP contribution is 2.13. The lowest BCUT2D eigenvalue weighted by Gasteiger charge is -2.29. The summed E-state index contributed by atoms with van der Waals surface area (Å²) in [6, 6.07) is 0. The van der Waals surface area contributed by atoms with Crippen LogP contribution in [0.25, 0.3) is 0 Å². The maximum Gasteiger partial charge on any atom is 0.330 e. The Bertz CT molecular complexity index is 264. The second-order valence-corrected chi connectivity index (χ2v) is 4.62. The van der Waals surface area contributed by atoms with Crippen molar-refractivity contribution in [2.45, 2.75) is 19.8 Å². The van der Waals surface area contributed by atoms with Gasteiger partial charge in [0.05, 0.1) is 0 Å². The summed E-state index contributed by atoms with van der Waals surface area (Å²) < 4.78 is 0. The lowest BCUT2D eigenvalue weighted by atomic mass is 9.98. The largest absolute Gasteiger partial charge is 0.478 e. The van der Waals surface area contributed by atoms with Crippen molar-refractivity contribution in [2.75, 3.05) is 33.2 Å². The molecule has 4 nitrogen and oxygen atoms in total. The lowest BCUT2D eigenvalue weighted by molar-refractivity contribution is -0.132. The Morgan fingerprint density at radius 2 is 2.38 bits per heavy atom. The average Bonchev–Trinajstić information content (AvgIpc) is 2.24. The third-order valence-corrected chi connectivity index (χ3v) is 3.05. The fraction of sp³-hybridized carbons (Fsp3) is 0.750. The normalized spacial score (nSPS) is 23.4. The first-order valence-electron chi connectivity index (χ1n) is 5.89. The summed E-state index contributed by atoms with van der Waals surface area (Å²) in [5.74, 6) is -0.128.